The Morgan fingerprint density at radius 2 is 1.86 bits per heavy atom. The van der Waals surface area contributed by atoms with Crippen LogP contribution in [-0.4, -0.2) is 18.2 Å². The zero-order chi connectivity index (χ0) is 15.9. The maximum atomic E-state index is 12.1. The van der Waals surface area contributed by atoms with E-state index < -0.39 is 0 Å². The molecule has 7 heteroatoms. The number of nitrogens with zero attached hydrogens (tertiary/aromatic N) is 2. The number of carbonyl (C=O) groups excluding carboxylic acids is 1. The van der Waals surface area contributed by atoms with Gasteiger partial charge in [0.1, 0.15) is 6.54 Å². The number of hydrazone groups is 1. The van der Waals surface area contributed by atoms with E-state index in [1.807, 2.05) is 24.3 Å². The molecule has 0 aromatic heterocycles. The van der Waals surface area contributed by atoms with E-state index in [9.17, 15) is 9.70 Å². The Labute approximate surface area is 144 Å². The van der Waals surface area contributed by atoms with Gasteiger partial charge in [0.25, 0.3) is 5.91 Å². The van der Waals surface area contributed by atoms with E-state index in [2.05, 4.69) is 47.6 Å². The van der Waals surface area contributed by atoms with Crippen LogP contribution in [0.2, 0.25) is 0 Å². The monoisotopic (exact) mass is 423 g/mol. The molecule has 0 saturated heterocycles. The van der Waals surface area contributed by atoms with Gasteiger partial charge in [0.15, 0.2) is 0 Å². The molecule has 0 bridgehead atoms. The summed E-state index contributed by atoms with van der Waals surface area (Å²) in [6.45, 7) is -0.138. The standard InChI is InChI=1S/C15H11Br2N3O2/c16-11-5-3-4-10(8-11)15(21)20-19-14(9-18-22)12-6-1-2-7-13(12)17/h1-8H,9H2,(H,20,21). The Morgan fingerprint density at radius 3 is 2.55 bits per heavy atom. The first-order valence-electron chi connectivity index (χ1n) is 6.28. The predicted molar refractivity (Wildman–Crippen MR) is 92.9 cm³/mol. The Hall–Kier alpha value is -1.86. The number of carbonyl (C=O) groups is 1. The molecule has 0 saturated carbocycles. The Balaban J connectivity index is 2.22. The second kappa shape index (κ2) is 7.95. The first-order chi connectivity index (χ1) is 10.6. The van der Waals surface area contributed by atoms with Crippen LogP contribution < -0.4 is 5.43 Å². The van der Waals surface area contributed by atoms with Crippen LogP contribution in [0.4, 0.5) is 0 Å². The number of rotatable bonds is 5. The van der Waals surface area contributed by atoms with Crippen LogP contribution in [0.3, 0.4) is 0 Å². The highest BCUT2D eigenvalue weighted by Crippen LogP contribution is 2.17. The minimum Gasteiger partial charge on any atom is -0.267 e. The Morgan fingerprint density at radius 1 is 1.09 bits per heavy atom. The number of nitroso groups, excluding NO2 is 1. The van der Waals surface area contributed by atoms with Gasteiger partial charge in [-0.3, -0.25) is 4.79 Å². The van der Waals surface area contributed by atoms with E-state index >= 15 is 0 Å². The lowest BCUT2D eigenvalue weighted by Crippen LogP contribution is -2.21. The Bertz CT molecular complexity index is 732. The lowest BCUT2D eigenvalue weighted by molar-refractivity contribution is 0.0955. The van der Waals surface area contributed by atoms with Crippen molar-refractivity contribution in [1.82, 2.24) is 5.43 Å². The van der Waals surface area contributed by atoms with Gasteiger partial charge in [-0.25, -0.2) is 5.43 Å². The van der Waals surface area contributed by atoms with Crippen LogP contribution >= 0.6 is 31.9 Å². The fourth-order valence-electron chi connectivity index (χ4n) is 1.75. The van der Waals surface area contributed by atoms with E-state index in [4.69, 9.17) is 0 Å². The molecular formula is C15H11Br2N3O2. The van der Waals surface area contributed by atoms with Gasteiger partial charge in [0.2, 0.25) is 0 Å². The lowest BCUT2D eigenvalue weighted by atomic mass is 10.1. The van der Waals surface area contributed by atoms with Crippen LogP contribution in [0.25, 0.3) is 0 Å². The average molecular weight is 425 g/mol. The van der Waals surface area contributed by atoms with Crippen molar-refractivity contribution in [1.29, 1.82) is 0 Å². The second-order valence-electron chi connectivity index (χ2n) is 4.28. The van der Waals surface area contributed by atoms with Gasteiger partial charge in [-0.2, -0.15) is 10.0 Å². The van der Waals surface area contributed by atoms with Crippen LogP contribution in [0, 0.1) is 4.91 Å². The van der Waals surface area contributed by atoms with Crippen LogP contribution in [-0.2, 0) is 0 Å². The molecule has 22 heavy (non-hydrogen) atoms. The Kier molecular flexibility index (Phi) is 5.97. The minimum atomic E-state index is -0.364. The van der Waals surface area contributed by atoms with Crippen molar-refractivity contribution in [3.8, 4) is 0 Å². The summed E-state index contributed by atoms with van der Waals surface area (Å²) in [4.78, 5) is 22.7. The molecule has 112 valence electrons. The van der Waals surface area contributed by atoms with Crippen molar-refractivity contribution in [2.45, 2.75) is 0 Å². The van der Waals surface area contributed by atoms with Crippen molar-refractivity contribution < 1.29 is 4.79 Å². The van der Waals surface area contributed by atoms with Gasteiger partial charge in [-0.15, -0.1) is 0 Å². The van der Waals surface area contributed by atoms with Crippen molar-refractivity contribution in [3.05, 3.63) is 73.5 Å². The molecule has 1 N–H and O–H groups in total. The molecule has 1 amide bonds. The molecular weight excluding hydrogens is 414 g/mol. The average Bonchev–Trinajstić information content (AvgIpc) is 2.52. The number of hydrogen-bond donors (Lipinski definition) is 1. The molecule has 0 fully saturated rings. The summed E-state index contributed by atoms with van der Waals surface area (Å²) in [5, 5.41) is 6.89. The highest BCUT2D eigenvalue weighted by atomic mass is 79.9. The molecule has 0 aliphatic carbocycles. The molecule has 0 unspecified atom stereocenters. The van der Waals surface area contributed by atoms with Gasteiger partial charge in [-0.1, -0.05) is 61.3 Å². The third-order valence-electron chi connectivity index (χ3n) is 2.78. The van der Waals surface area contributed by atoms with E-state index in [-0.39, 0.29) is 12.5 Å². The van der Waals surface area contributed by atoms with Gasteiger partial charge in [0, 0.05) is 20.1 Å². The summed E-state index contributed by atoms with van der Waals surface area (Å²) >= 11 is 6.69. The quantitative estimate of drug-likeness (QED) is 0.445. The topological polar surface area (TPSA) is 70.9 Å². The largest absolute Gasteiger partial charge is 0.271 e. The molecule has 0 atom stereocenters. The van der Waals surface area contributed by atoms with E-state index in [1.165, 1.54) is 0 Å². The van der Waals surface area contributed by atoms with Gasteiger partial charge in [0.05, 0.1) is 5.71 Å². The molecule has 0 heterocycles. The first kappa shape index (κ1) is 16.5. The molecule has 5 nitrogen and oxygen atoms in total. The highest BCUT2D eigenvalue weighted by molar-refractivity contribution is 9.10. The summed E-state index contributed by atoms with van der Waals surface area (Å²) in [5.41, 5.74) is 3.99. The van der Waals surface area contributed by atoms with Crippen LogP contribution in [0.1, 0.15) is 15.9 Å². The van der Waals surface area contributed by atoms with E-state index in [1.54, 1.807) is 24.3 Å². The molecule has 0 aliphatic heterocycles. The summed E-state index contributed by atoms with van der Waals surface area (Å²) in [7, 11) is 0. The molecule has 0 radical (unpaired) electrons. The normalized spacial score (nSPS) is 11.1. The fourth-order valence-corrected chi connectivity index (χ4v) is 2.66. The van der Waals surface area contributed by atoms with E-state index in [0.29, 0.717) is 16.8 Å². The van der Waals surface area contributed by atoms with Crippen LogP contribution in [0.5, 0.6) is 0 Å². The third-order valence-corrected chi connectivity index (χ3v) is 3.96. The maximum absolute atomic E-state index is 12.1. The van der Waals surface area contributed by atoms with Gasteiger partial charge >= 0.3 is 0 Å². The van der Waals surface area contributed by atoms with Crippen molar-refractivity contribution in [2.75, 3.05) is 6.54 Å². The maximum Gasteiger partial charge on any atom is 0.271 e. The second-order valence-corrected chi connectivity index (χ2v) is 6.05. The molecule has 2 aromatic carbocycles. The van der Waals surface area contributed by atoms with Crippen molar-refractivity contribution in [3.63, 3.8) is 0 Å². The molecule has 2 aromatic rings. The molecule has 0 aliphatic rings. The number of hydrogen-bond acceptors (Lipinski definition) is 4. The SMILES string of the molecule is O=NCC(=NNC(=O)c1cccc(Br)c1)c1ccccc1Br. The summed E-state index contributed by atoms with van der Waals surface area (Å²) in [6.07, 6.45) is 0. The van der Waals surface area contributed by atoms with Crippen LogP contribution in [0.15, 0.2) is 67.8 Å². The predicted octanol–water partition coefficient (Wildman–Crippen LogP) is 4.11. The third kappa shape index (κ3) is 4.32. The minimum absolute atomic E-state index is 0.138. The lowest BCUT2D eigenvalue weighted by Gasteiger charge is -2.06. The summed E-state index contributed by atoms with van der Waals surface area (Å²) in [6, 6.07) is 14.2. The van der Waals surface area contributed by atoms with Crippen molar-refractivity contribution >= 4 is 43.5 Å². The smallest absolute Gasteiger partial charge is 0.267 e. The molecule has 2 rings (SSSR count). The van der Waals surface area contributed by atoms with Gasteiger partial charge in [-0.05, 0) is 24.3 Å². The van der Waals surface area contributed by atoms with Crippen molar-refractivity contribution in [2.24, 2.45) is 10.3 Å². The zero-order valence-corrected chi connectivity index (χ0v) is 14.5. The number of halogens is 2. The zero-order valence-electron chi connectivity index (χ0n) is 11.3. The first-order valence-corrected chi connectivity index (χ1v) is 7.87. The van der Waals surface area contributed by atoms with Gasteiger partial charge < -0.3 is 0 Å². The molecule has 0 spiro atoms. The number of amides is 1. The highest BCUT2D eigenvalue weighted by Gasteiger charge is 2.10. The fraction of sp³-hybridized carbons (Fsp3) is 0.0667. The number of benzene rings is 2. The summed E-state index contributed by atoms with van der Waals surface area (Å²) < 4.78 is 1.57. The van der Waals surface area contributed by atoms with E-state index in [0.717, 1.165) is 8.95 Å². The number of nitrogens with one attached hydrogen (secondary N) is 1. The summed E-state index contributed by atoms with van der Waals surface area (Å²) in [5.74, 6) is -0.364.